The number of aliphatic hydroxyl groups excluding tert-OH is 1. The molecule has 2 rings (SSSR count). The van der Waals surface area contributed by atoms with Crippen molar-refractivity contribution in [2.75, 3.05) is 0 Å². The smallest absolute Gasteiger partial charge is 0.229 e. The Kier molecular flexibility index (Phi) is 4.31. The van der Waals surface area contributed by atoms with Crippen molar-refractivity contribution in [2.45, 2.75) is 26.4 Å². The third-order valence-electron chi connectivity index (χ3n) is 2.74. The topological polar surface area (TPSA) is 59.2 Å². The maximum absolute atomic E-state index is 13.3. The molecule has 1 aromatic heterocycles. The molecule has 0 bridgehead atoms. The predicted octanol–water partition coefficient (Wildman–Crippen LogP) is 3.20. The van der Waals surface area contributed by atoms with Crippen molar-refractivity contribution in [3.63, 3.8) is 0 Å². The van der Waals surface area contributed by atoms with E-state index in [1.54, 1.807) is 6.07 Å². The summed E-state index contributed by atoms with van der Waals surface area (Å²) in [6.07, 6.45) is -0.242. The molecule has 0 amide bonds. The van der Waals surface area contributed by atoms with Crippen LogP contribution in [0.2, 0.25) is 0 Å². The zero-order valence-electron chi connectivity index (χ0n) is 10.6. The van der Waals surface area contributed by atoms with Gasteiger partial charge in [-0.3, -0.25) is 0 Å². The van der Waals surface area contributed by atoms with Gasteiger partial charge in [0.05, 0.1) is 12.5 Å². The Morgan fingerprint density at radius 1 is 1.37 bits per heavy atom. The van der Waals surface area contributed by atoms with Gasteiger partial charge in [-0.1, -0.05) is 34.9 Å². The van der Waals surface area contributed by atoms with E-state index in [-0.39, 0.29) is 11.7 Å². The summed E-state index contributed by atoms with van der Waals surface area (Å²) >= 11 is 3.21. The van der Waals surface area contributed by atoms with E-state index in [2.05, 4.69) is 26.1 Å². The van der Waals surface area contributed by atoms with Crippen molar-refractivity contribution in [3.8, 4) is 11.4 Å². The SMILES string of the molecule is CC(C)C(O)Cc1nc(-c2cc(F)cc(Br)c2)no1. The average molecular weight is 329 g/mol. The van der Waals surface area contributed by atoms with E-state index < -0.39 is 6.10 Å². The van der Waals surface area contributed by atoms with E-state index >= 15 is 0 Å². The summed E-state index contributed by atoms with van der Waals surface area (Å²) in [6.45, 7) is 3.82. The molecule has 0 spiro atoms. The second kappa shape index (κ2) is 5.79. The molecule has 1 unspecified atom stereocenters. The van der Waals surface area contributed by atoms with Gasteiger partial charge in [-0.05, 0) is 24.1 Å². The summed E-state index contributed by atoms with van der Waals surface area (Å²) in [5, 5.41) is 13.5. The predicted molar refractivity (Wildman–Crippen MR) is 71.9 cm³/mol. The number of hydrogen-bond donors (Lipinski definition) is 1. The first-order valence-electron chi connectivity index (χ1n) is 5.93. The number of hydrogen-bond acceptors (Lipinski definition) is 4. The van der Waals surface area contributed by atoms with E-state index in [1.165, 1.54) is 12.1 Å². The third-order valence-corrected chi connectivity index (χ3v) is 3.20. The van der Waals surface area contributed by atoms with Crippen LogP contribution >= 0.6 is 15.9 Å². The standard InChI is InChI=1S/C13H14BrFN2O2/c1-7(2)11(18)6-12-16-13(17-19-12)8-3-9(14)5-10(15)4-8/h3-5,7,11,18H,6H2,1-2H3. The molecule has 0 saturated heterocycles. The number of nitrogens with zero attached hydrogens (tertiary/aromatic N) is 2. The van der Waals surface area contributed by atoms with Crippen molar-refractivity contribution in [3.05, 3.63) is 34.4 Å². The minimum absolute atomic E-state index is 0.110. The highest BCUT2D eigenvalue weighted by atomic mass is 79.9. The van der Waals surface area contributed by atoms with Crippen molar-refractivity contribution in [1.29, 1.82) is 0 Å². The molecule has 0 saturated carbocycles. The monoisotopic (exact) mass is 328 g/mol. The number of benzene rings is 1. The van der Waals surface area contributed by atoms with Crippen LogP contribution in [0.15, 0.2) is 27.2 Å². The van der Waals surface area contributed by atoms with Gasteiger partial charge in [0.25, 0.3) is 0 Å². The molecule has 0 fully saturated rings. The molecule has 1 atom stereocenters. The Labute approximate surface area is 118 Å². The first kappa shape index (κ1) is 14.1. The molecule has 0 radical (unpaired) electrons. The maximum atomic E-state index is 13.3. The van der Waals surface area contributed by atoms with Gasteiger partial charge in [-0.15, -0.1) is 0 Å². The molecule has 1 heterocycles. The summed E-state index contributed by atoms with van der Waals surface area (Å²) in [5.41, 5.74) is 0.529. The van der Waals surface area contributed by atoms with Crippen LogP contribution in [0.5, 0.6) is 0 Å². The van der Waals surface area contributed by atoms with Crippen molar-refractivity contribution in [2.24, 2.45) is 5.92 Å². The molecule has 102 valence electrons. The van der Waals surface area contributed by atoms with Gasteiger partial charge in [-0.2, -0.15) is 4.98 Å². The normalized spacial score (nSPS) is 12.9. The zero-order chi connectivity index (χ0) is 14.0. The Morgan fingerprint density at radius 3 is 2.74 bits per heavy atom. The van der Waals surface area contributed by atoms with E-state index in [0.29, 0.717) is 28.2 Å². The molecule has 19 heavy (non-hydrogen) atoms. The molecule has 1 N–H and O–H groups in total. The van der Waals surface area contributed by atoms with Crippen LogP contribution in [0.1, 0.15) is 19.7 Å². The van der Waals surface area contributed by atoms with Crippen molar-refractivity contribution >= 4 is 15.9 Å². The molecule has 0 aliphatic rings. The number of rotatable bonds is 4. The minimum atomic E-state index is -0.535. The summed E-state index contributed by atoms with van der Waals surface area (Å²) in [6, 6.07) is 4.39. The second-order valence-corrected chi connectivity index (χ2v) is 5.60. The van der Waals surface area contributed by atoms with Crippen LogP contribution in [0, 0.1) is 11.7 Å². The van der Waals surface area contributed by atoms with Crippen LogP contribution in [-0.4, -0.2) is 21.4 Å². The molecule has 6 heteroatoms. The van der Waals surface area contributed by atoms with E-state index in [0.717, 1.165) is 0 Å². The van der Waals surface area contributed by atoms with Gasteiger partial charge >= 0.3 is 0 Å². The highest BCUT2D eigenvalue weighted by Crippen LogP contribution is 2.23. The van der Waals surface area contributed by atoms with Crippen LogP contribution < -0.4 is 0 Å². The Balaban J connectivity index is 2.21. The van der Waals surface area contributed by atoms with Gasteiger partial charge in [0.2, 0.25) is 11.7 Å². The van der Waals surface area contributed by atoms with Crippen LogP contribution in [0.3, 0.4) is 0 Å². The van der Waals surface area contributed by atoms with Crippen molar-refractivity contribution in [1.82, 2.24) is 10.1 Å². The van der Waals surface area contributed by atoms with E-state index in [9.17, 15) is 9.50 Å². The number of aromatic nitrogens is 2. The highest BCUT2D eigenvalue weighted by Gasteiger charge is 2.16. The highest BCUT2D eigenvalue weighted by molar-refractivity contribution is 9.10. The lowest BCUT2D eigenvalue weighted by molar-refractivity contribution is 0.116. The van der Waals surface area contributed by atoms with Gasteiger partial charge < -0.3 is 9.63 Å². The Bertz CT molecular complexity index is 551. The fourth-order valence-corrected chi connectivity index (χ4v) is 2.02. The van der Waals surface area contributed by atoms with Gasteiger partial charge in [0.1, 0.15) is 5.82 Å². The molecule has 0 aliphatic heterocycles. The van der Waals surface area contributed by atoms with Gasteiger partial charge in [0.15, 0.2) is 0 Å². The van der Waals surface area contributed by atoms with Crippen molar-refractivity contribution < 1.29 is 14.0 Å². The Hall–Kier alpha value is -1.27. The lowest BCUT2D eigenvalue weighted by Crippen LogP contribution is -2.17. The summed E-state index contributed by atoms with van der Waals surface area (Å²) < 4.78 is 18.9. The molecular formula is C13H14BrFN2O2. The van der Waals surface area contributed by atoms with Crippen LogP contribution in [0.4, 0.5) is 4.39 Å². The minimum Gasteiger partial charge on any atom is -0.392 e. The Morgan fingerprint density at radius 2 is 2.11 bits per heavy atom. The summed E-state index contributed by atoms with van der Waals surface area (Å²) in [4.78, 5) is 4.16. The van der Waals surface area contributed by atoms with Crippen LogP contribution in [0.25, 0.3) is 11.4 Å². The molecule has 2 aromatic rings. The zero-order valence-corrected chi connectivity index (χ0v) is 12.2. The second-order valence-electron chi connectivity index (χ2n) is 4.69. The molecular weight excluding hydrogens is 315 g/mol. The van der Waals surface area contributed by atoms with Gasteiger partial charge in [0, 0.05) is 10.0 Å². The number of halogens is 2. The maximum Gasteiger partial charge on any atom is 0.229 e. The average Bonchev–Trinajstić information content (AvgIpc) is 2.76. The lowest BCUT2D eigenvalue weighted by atomic mass is 10.0. The first-order chi connectivity index (χ1) is 8.95. The molecule has 4 nitrogen and oxygen atoms in total. The number of aliphatic hydroxyl groups is 1. The largest absolute Gasteiger partial charge is 0.392 e. The van der Waals surface area contributed by atoms with Crippen LogP contribution in [-0.2, 0) is 6.42 Å². The lowest BCUT2D eigenvalue weighted by Gasteiger charge is -2.10. The summed E-state index contributed by atoms with van der Waals surface area (Å²) in [5.74, 6) is 0.388. The first-order valence-corrected chi connectivity index (χ1v) is 6.72. The fourth-order valence-electron chi connectivity index (χ4n) is 1.55. The van der Waals surface area contributed by atoms with Gasteiger partial charge in [-0.25, -0.2) is 4.39 Å². The molecule has 1 aromatic carbocycles. The third kappa shape index (κ3) is 3.61. The quantitative estimate of drug-likeness (QED) is 0.936. The fraction of sp³-hybridized carbons (Fsp3) is 0.385. The van der Waals surface area contributed by atoms with E-state index in [1.807, 2.05) is 13.8 Å². The van der Waals surface area contributed by atoms with E-state index in [4.69, 9.17) is 4.52 Å². The summed E-state index contributed by atoms with van der Waals surface area (Å²) in [7, 11) is 0. The molecule has 0 aliphatic carbocycles.